The van der Waals surface area contributed by atoms with Crippen molar-refractivity contribution < 1.29 is 58.5 Å². The summed E-state index contributed by atoms with van der Waals surface area (Å²) >= 11 is 0. The van der Waals surface area contributed by atoms with Gasteiger partial charge in [-0.2, -0.15) is 0 Å². The van der Waals surface area contributed by atoms with Crippen molar-refractivity contribution in [1.82, 2.24) is 46.8 Å². The van der Waals surface area contributed by atoms with E-state index in [2.05, 4.69) is 46.9 Å². The Kier molecular flexibility index (Phi) is 23.4. The number of carbonyl (C=O) groups excluding carboxylic acids is 7. The molecule has 1 fully saturated rings. The molecule has 0 aliphatic carbocycles. The highest BCUT2D eigenvalue weighted by Gasteiger charge is 2.41. The number of amides is 7. The number of rotatable bonds is 29. The van der Waals surface area contributed by atoms with Crippen LogP contribution in [0.15, 0.2) is 41.8 Å². The van der Waals surface area contributed by atoms with Crippen LogP contribution in [0.4, 0.5) is 0 Å². The van der Waals surface area contributed by atoms with Gasteiger partial charge >= 0.3 is 11.9 Å². The van der Waals surface area contributed by atoms with Crippen LogP contribution in [0.3, 0.4) is 0 Å². The summed E-state index contributed by atoms with van der Waals surface area (Å²) < 4.78 is 0. The molecule has 0 bridgehead atoms. The molecule has 3 rings (SSSR count). The summed E-state index contributed by atoms with van der Waals surface area (Å²) in [4.78, 5) is 133. The van der Waals surface area contributed by atoms with Gasteiger partial charge in [0.05, 0.1) is 18.8 Å². The van der Waals surface area contributed by atoms with Crippen molar-refractivity contribution in [2.45, 2.75) is 148 Å². The van der Waals surface area contributed by atoms with Gasteiger partial charge in [-0.05, 0) is 61.1 Å². The SMILES string of the molecule is CC[C@H](C)[C@H](NC(=O)[C@H](Cc1ccc(O)cc1)NC(=O)[C@@H](NC(=O)[C@@H](CCCN=C(N)N)NC(=O)[C@@H](N)CC(=O)O)C(C)C)C(=O)N[C@@H](Cc1cnc[nH]1)C(=O)N1CCC[C@@H]1C(=O)N[C@@H](C(=O)O)[C@@H](C)CC. The molecule has 1 aromatic heterocycles. The van der Waals surface area contributed by atoms with E-state index in [0.29, 0.717) is 30.5 Å². The minimum atomic E-state index is -1.51. The Hall–Kier alpha value is -7.31. The van der Waals surface area contributed by atoms with Gasteiger partial charge in [0.15, 0.2) is 5.96 Å². The first-order chi connectivity index (χ1) is 34.0. The van der Waals surface area contributed by atoms with E-state index >= 15 is 0 Å². The quantitative estimate of drug-likeness (QED) is 0.0250. The maximum absolute atomic E-state index is 14.5. The molecule has 398 valence electrons. The molecule has 0 unspecified atom stereocenters. The van der Waals surface area contributed by atoms with Gasteiger partial charge in [-0.3, -0.25) is 43.3 Å². The van der Waals surface area contributed by atoms with Crippen molar-refractivity contribution in [2.75, 3.05) is 13.1 Å². The van der Waals surface area contributed by atoms with Gasteiger partial charge in [-0.1, -0.05) is 66.5 Å². The Bertz CT molecular complexity index is 2200. The second-order valence-corrected chi connectivity index (χ2v) is 18.5. The first kappa shape index (κ1) is 59.0. The average Bonchev–Trinajstić information content (AvgIpc) is 4.04. The predicted octanol–water partition coefficient (Wildman–Crippen LogP) is -1.51. The Morgan fingerprint density at radius 2 is 1.35 bits per heavy atom. The number of nitrogens with zero attached hydrogens (tertiary/aromatic N) is 3. The number of aliphatic carboxylic acids is 2. The number of nitrogens with one attached hydrogen (secondary N) is 7. The third kappa shape index (κ3) is 18.1. The monoisotopic (exact) mass is 1010 g/mol. The molecule has 7 amide bonds. The molecule has 1 saturated heterocycles. The number of nitrogens with two attached hydrogens (primary N) is 3. The number of guanidine groups is 1. The lowest BCUT2D eigenvalue weighted by Crippen LogP contribution is -2.62. The normalized spacial score (nSPS) is 17.1. The molecule has 2 aromatic rings. The summed E-state index contributed by atoms with van der Waals surface area (Å²) in [5.41, 5.74) is 17.6. The fourth-order valence-electron chi connectivity index (χ4n) is 7.93. The number of aromatic hydroxyl groups is 1. The number of aromatic nitrogens is 2. The van der Waals surface area contributed by atoms with E-state index < -0.39 is 126 Å². The number of carbonyl (C=O) groups is 9. The molecule has 2 heterocycles. The molecule has 72 heavy (non-hydrogen) atoms. The van der Waals surface area contributed by atoms with E-state index in [-0.39, 0.29) is 56.9 Å². The van der Waals surface area contributed by atoms with Gasteiger partial charge in [-0.25, -0.2) is 9.78 Å². The summed E-state index contributed by atoms with van der Waals surface area (Å²) in [7, 11) is 0. The highest BCUT2D eigenvalue weighted by molar-refractivity contribution is 5.98. The van der Waals surface area contributed by atoms with Crippen LogP contribution in [0.1, 0.15) is 97.7 Å². The standard InChI is InChI=1S/C47H73N13O12/c1-7-25(5)37(44(69)56-33(20-28-22-51-23-53-28)45(70)60-18-10-12-34(60)42(67)59-38(46(71)72)26(6)8-2)58-41(66)32(19-27-13-15-29(61)16-14-27)55-43(68)36(24(3)4)57-40(65)31(11-9-17-52-47(49)50)54-39(64)30(48)21-35(62)63/h13-16,22-26,30-34,36-38,61H,7-12,17-21,48H2,1-6H3,(H,51,53)(H,54,64)(H,55,68)(H,56,69)(H,57,65)(H,58,66)(H,59,67)(H,62,63)(H,71,72)(H4,49,50,52)/t25-,26-,30-,31+,32-,33-,34+,36-,37-,38+/m0/s1. The maximum atomic E-state index is 14.5. The smallest absolute Gasteiger partial charge is 0.326 e. The van der Waals surface area contributed by atoms with Crippen LogP contribution in [-0.2, 0) is 56.0 Å². The van der Waals surface area contributed by atoms with Gasteiger partial charge in [0.2, 0.25) is 41.4 Å². The van der Waals surface area contributed by atoms with E-state index in [4.69, 9.17) is 22.3 Å². The second kappa shape index (κ2) is 28.5. The van der Waals surface area contributed by atoms with Crippen molar-refractivity contribution in [3.05, 3.63) is 48.0 Å². The van der Waals surface area contributed by atoms with Crippen molar-refractivity contribution in [1.29, 1.82) is 0 Å². The predicted molar refractivity (Wildman–Crippen MR) is 262 cm³/mol. The first-order valence-electron chi connectivity index (χ1n) is 24.1. The molecular weight excluding hydrogens is 939 g/mol. The van der Waals surface area contributed by atoms with Gasteiger partial charge in [-0.15, -0.1) is 0 Å². The number of benzene rings is 1. The maximum Gasteiger partial charge on any atom is 0.326 e. The molecule has 25 nitrogen and oxygen atoms in total. The Morgan fingerprint density at radius 3 is 1.92 bits per heavy atom. The van der Waals surface area contributed by atoms with Crippen LogP contribution in [0, 0.1) is 17.8 Å². The summed E-state index contributed by atoms with van der Waals surface area (Å²) in [6.45, 7) is 10.4. The number of imidazole rings is 1. The van der Waals surface area contributed by atoms with Gasteiger partial charge in [0, 0.05) is 37.8 Å². The van der Waals surface area contributed by atoms with Crippen LogP contribution in [0.5, 0.6) is 5.75 Å². The molecule has 0 spiro atoms. The molecular formula is C47H73N13O12. The van der Waals surface area contributed by atoms with Gasteiger partial charge < -0.3 is 74.3 Å². The van der Waals surface area contributed by atoms with E-state index in [1.165, 1.54) is 41.7 Å². The number of carboxylic acids is 2. The van der Waals surface area contributed by atoms with E-state index in [1.54, 1.807) is 41.5 Å². The zero-order valence-corrected chi connectivity index (χ0v) is 41.7. The summed E-state index contributed by atoms with van der Waals surface area (Å²) in [5.74, 6) is -9.91. The molecule has 1 aliphatic rings. The van der Waals surface area contributed by atoms with Crippen molar-refractivity contribution in [3.63, 3.8) is 0 Å². The summed E-state index contributed by atoms with van der Waals surface area (Å²) in [5, 5.41) is 44.9. The van der Waals surface area contributed by atoms with Crippen LogP contribution in [0.25, 0.3) is 0 Å². The molecule has 16 N–H and O–H groups in total. The molecule has 10 atom stereocenters. The summed E-state index contributed by atoms with van der Waals surface area (Å²) in [6.07, 6.45) is 3.47. The van der Waals surface area contributed by atoms with Crippen molar-refractivity contribution in [3.8, 4) is 5.75 Å². The lowest BCUT2D eigenvalue weighted by atomic mass is 9.96. The number of carboxylic acid groups (broad SMARTS) is 2. The number of H-pyrrole nitrogens is 1. The van der Waals surface area contributed by atoms with E-state index in [1.807, 2.05) is 0 Å². The third-order valence-electron chi connectivity index (χ3n) is 12.6. The number of hydrogen-bond acceptors (Lipinski definition) is 13. The summed E-state index contributed by atoms with van der Waals surface area (Å²) in [6, 6.07) is -4.60. The molecule has 25 heteroatoms. The Balaban J connectivity index is 1.94. The number of phenols is 1. The molecule has 0 saturated carbocycles. The second-order valence-electron chi connectivity index (χ2n) is 18.5. The van der Waals surface area contributed by atoms with E-state index in [0.717, 1.165) is 0 Å². The molecule has 0 radical (unpaired) electrons. The number of likely N-dealkylation sites (tertiary alicyclic amines) is 1. The first-order valence-corrected chi connectivity index (χ1v) is 24.1. The molecule has 1 aromatic carbocycles. The van der Waals surface area contributed by atoms with Crippen LogP contribution < -0.4 is 49.1 Å². The fraction of sp³-hybridized carbons (Fsp3) is 0.596. The average molecular weight is 1010 g/mol. The van der Waals surface area contributed by atoms with Crippen molar-refractivity contribution in [2.24, 2.45) is 39.9 Å². The minimum absolute atomic E-state index is 0.0561. The number of hydrogen-bond donors (Lipinski definition) is 13. The van der Waals surface area contributed by atoms with Crippen molar-refractivity contribution >= 4 is 59.2 Å². The number of aromatic amines is 1. The minimum Gasteiger partial charge on any atom is -0.508 e. The van der Waals surface area contributed by atoms with Gasteiger partial charge in [0.1, 0.15) is 48.0 Å². The van der Waals surface area contributed by atoms with E-state index in [9.17, 15) is 53.4 Å². The Labute approximate surface area is 418 Å². The zero-order chi connectivity index (χ0) is 53.8. The van der Waals surface area contributed by atoms with Crippen LogP contribution >= 0.6 is 0 Å². The topological polar surface area (TPSA) is 409 Å². The molecule has 1 aliphatic heterocycles. The van der Waals surface area contributed by atoms with Gasteiger partial charge in [0.25, 0.3) is 0 Å². The number of phenolic OH excluding ortho intramolecular Hbond substituents is 1. The zero-order valence-electron chi connectivity index (χ0n) is 41.7. The van der Waals surface area contributed by atoms with Crippen LogP contribution in [0.2, 0.25) is 0 Å². The largest absolute Gasteiger partial charge is 0.508 e. The number of aliphatic imine (C=N–C) groups is 1. The fourth-order valence-corrected chi connectivity index (χ4v) is 7.93. The Morgan fingerprint density at radius 1 is 0.764 bits per heavy atom. The van der Waals surface area contributed by atoms with Crippen LogP contribution in [-0.4, -0.2) is 151 Å². The highest BCUT2D eigenvalue weighted by Crippen LogP contribution is 2.22. The third-order valence-corrected chi connectivity index (χ3v) is 12.6. The lowest BCUT2D eigenvalue weighted by molar-refractivity contribution is -0.146. The highest BCUT2D eigenvalue weighted by atomic mass is 16.4. The lowest BCUT2D eigenvalue weighted by Gasteiger charge is -2.32.